The number of carbonyl (C=O) groups is 2. The van der Waals surface area contributed by atoms with Crippen molar-refractivity contribution in [1.82, 2.24) is 0 Å². The summed E-state index contributed by atoms with van der Waals surface area (Å²) in [4.78, 5) is 23.9. The van der Waals surface area contributed by atoms with E-state index in [-0.39, 0.29) is 22.9 Å². The lowest BCUT2D eigenvalue weighted by Gasteiger charge is -2.13. The highest BCUT2D eigenvalue weighted by atomic mass is 35.5. The van der Waals surface area contributed by atoms with E-state index in [0.717, 1.165) is 24.3 Å². The predicted molar refractivity (Wildman–Crippen MR) is 126 cm³/mol. The van der Waals surface area contributed by atoms with E-state index in [9.17, 15) is 31.2 Å². The first-order valence-electron chi connectivity index (χ1n) is 10.1. The van der Waals surface area contributed by atoms with E-state index in [1.165, 1.54) is 36.4 Å². The second kappa shape index (κ2) is 10.9. The quantitative estimate of drug-likeness (QED) is 0.365. The van der Waals surface area contributed by atoms with Crippen LogP contribution in [0.1, 0.15) is 27.6 Å². The molecule has 0 saturated carbocycles. The molecule has 1 amide bonds. The number of anilines is 2. The number of nitrogens with one attached hydrogen (secondary N) is 2. The SMILES string of the molecule is CCOC(=O)c1ccc(NC(=O)c2ccc(Cl)c(NS(=O)(=O)c3cccc(OC(F)(F)F)c3)c2)cc1. The summed E-state index contributed by atoms with van der Waals surface area (Å²) in [5.41, 5.74) is 0.499. The summed E-state index contributed by atoms with van der Waals surface area (Å²) >= 11 is 6.07. The van der Waals surface area contributed by atoms with Crippen molar-refractivity contribution in [1.29, 1.82) is 0 Å². The van der Waals surface area contributed by atoms with Gasteiger partial charge in [-0.2, -0.15) is 0 Å². The van der Waals surface area contributed by atoms with Crippen LogP contribution in [0.15, 0.2) is 71.6 Å². The van der Waals surface area contributed by atoms with Crippen LogP contribution in [0.5, 0.6) is 5.75 Å². The first-order valence-corrected chi connectivity index (χ1v) is 12.0. The van der Waals surface area contributed by atoms with Gasteiger partial charge in [0.25, 0.3) is 15.9 Å². The summed E-state index contributed by atoms with van der Waals surface area (Å²) in [6.45, 7) is 1.89. The molecular formula is C23H18ClF3N2O6S. The van der Waals surface area contributed by atoms with Gasteiger partial charge in [0.05, 0.1) is 27.8 Å². The van der Waals surface area contributed by atoms with Crippen LogP contribution in [0.3, 0.4) is 0 Å². The van der Waals surface area contributed by atoms with Gasteiger partial charge in [-0.05, 0) is 61.5 Å². The minimum absolute atomic E-state index is 0.0284. The lowest BCUT2D eigenvalue weighted by atomic mass is 10.1. The van der Waals surface area contributed by atoms with Crippen LogP contribution < -0.4 is 14.8 Å². The molecule has 3 aromatic carbocycles. The monoisotopic (exact) mass is 542 g/mol. The van der Waals surface area contributed by atoms with Crippen molar-refractivity contribution in [3.8, 4) is 5.75 Å². The number of esters is 1. The summed E-state index contributed by atoms with van der Waals surface area (Å²) in [6.07, 6.45) is -5.00. The number of hydrogen-bond acceptors (Lipinski definition) is 6. The number of amides is 1. The van der Waals surface area contributed by atoms with E-state index in [1.807, 2.05) is 0 Å². The molecule has 0 aliphatic carbocycles. The Morgan fingerprint density at radius 1 is 0.972 bits per heavy atom. The average Bonchev–Trinajstić information content (AvgIpc) is 2.80. The molecular weight excluding hydrogens is 525 g/mol. The van der Waals surface area contributed by atoms with Crippen molar-refractivity contribution in [3.63, 3.8) is 0 Å². The maximum absolute atomic E-state index is 12.7. The van der Waals surface area contributed by atoms with Crippen LogP contribution in [-0.4, -0.2) is 33.3 Å². The van der Waals surface area contributed by atoms with E-state index in [4.69, 9.17) is 16.3 Å². The van der Waals surface area contributed by atoms with Crippen molar-refractivity contribution in [2.75, 3.05) is 16.6 Å². The van der Waals surface area contributed by atoms with Gasteiger partial charge in [0.1, 0.15) is 5.75 Å². The van der Waals surface area contributed by atoms with Crippen LogP contribution in [0.4, 0.5) is 24.5 Å². The van der Waals surface area contributed by atoms with Crippen molar-refractivity contribution in [2.24, 2.45) is 0 Å². The number of sulfonamides is 1. The fraction of sp³-hybridized carbons (Fsp3) is 0.130. The van der Waals surface area contributed by atoms with Crippen molar-refractivity contribution >= 4 is 44.9 Å². The van der Waals surface area contributed by atoms with Gasteiger partial charge in [-0.15, -0.1) is 13.2 Å². The van der Waals surface area contributed by atoms with E-state index in [2.05, 4.69) is 14.8 Å². The molecule has 2 N–H and O–H groups in total. The zero-order valence-electron chi connectivity index (χ0n) is 18.4. The topological polar surface area (TPSA) is 111 Å². The molecule has 0 fully saturated rings. The van der Waals surface area contributed by atoms with E-state index < -0.39 is 38.9 Å². The summed E-state index contributed by atoms with van der Waals surface area (Å²) in [7, 11) is -4.39. The van der Waals surface area contributed by atoms with E-state index in [1.54, 1.807) is 6.92 Å². The normalized spacial score (nSPS) is 11.5. The predicted octanol–water partition coefficient (Wildman–Crippen LogP) is 5.47. The summed E-state index contributed by atoms with van der Waals surface area (Å²) in [5, 5.41) is 2.53. The highest BCUT2D eigenvalue weighted by Crippen LogP contribution is 2.29. The van der Waals surface area contributed by atoms with Gasteiger partial charge in [-0.25, -0.2) is 13.2 Å². The summed E-state index contributed by atoms with van der Waals surface area (Å²) in [5.74, 6) is -1.85. The molecule has 36 heavy (non-hydrogen) atoms. The summed E-state index contributed by atoms with van der Waals surface area (Å²) < 4.78 is 73.7. The highest BCUT2D eigenvalue weighted by molar-refractivity contribution is 7.92. The molecule has 0 heterocycles. The van der Waals surface area contributed by atoms with Gasteiger partial charge < -0.3 is 14.8 Å². The molecule has 190 valence electrons. The number of ether oxygens (including phenoxy) is 2. The van der Waals surface area contributed by atoms with E-state index in [0.29, 0.717) is 17.3 Å². The molecule has 3 aromatic rings. The third kappa shape index (κ3) is 7.12. The molecule has 0 saturated heterocycles. The minimum Gasteiger partial charge on any atom is -0.462 e. The minimum atomic E-state index is -5.00. The Balaban J connectivity index is 1.78. The zero-order chi connectivity index (χ0) is 26.5. The third-order valence-electron chi connectivity index (χ3n) is 4.48. The Morgan fingerprint density at radius 2 is 1.64 bits per heavy atom. The molecule has 13 heteroatoms. The molecule has 0 radical (unpaired) electrons. The van der Waals surface area contributed by atoms with Crippen LogP contribution in [0.2, 0.25) is 5.02 Å². The Hall–Kier alpha value is -3.77. The van der Waals surface area contributed by atoms with Crippen LogP contribution in [0.25, 0.3) is 0 Å². The largest absolute Gasteiger partial charge is 0.573 e. The molecule has 0 atom stereocenters. The second-order valence-electron chi connectivity index (χ2n) is 7.07. The van der Waals surface area contributed by atoms with Crippen LogP contribution in [0, 0.1) is 0 Å². The molecule has 0 aliphatic heterocycles. The van der Waals surface area contributed by atoms with Crippen molar-refractivity contribution < 1.29 is 40.7 Å². The molecule has 8 nitrogen and oxygen atoms in total. The highest BCUT2D eigenvalue weighted by Gasteiger charge is 2.31. The number of alkyl halides is 3. The number of halogens is 4. The molecule has 0 aliphatic rings. The Labute approximate surface area is 209 Å². The van der Waals surface area contributed by atoms with Crippen LogP contribution in [-0.2, 0) is 14.8 Å². The van der Waals surface area contributed by atoms with Crippen molar-refractivity contribution in [3.05, 3.63) is 82.9 Å². The Kier molecular flexibility index (Phi) is 8.10. The van der Waals surface area contributed by atoms with Gasteiger partial charge in [0.2, 0.25) is 0 Å². The fourth-order valence-corrected chi connectivity index (χ4v) is 4.22. The van der Waals surface area contributed by atoms with Gasteiger partial charge in [-0.1, -0.05) is 17.7 Å². The number of carbonyl (C=O) groups excluding carboxylic acids is 2. The first kappa shape index (κ1) is 26.8. The van der Waals surface area contributed by atoms with Crippen molar-refractivity contribution in [2.45, 2.75) is 18.2 Å². The van der Waals surface area contributed by atoms with E-state index >= 15 is 0 Å². The van der Waals surface area contributed by atoms with Gasteiger partial charge in [0, 0.05) is 17.3 Å². The second-order valence-corrected chi connectivity index (χ2v) is 9.16. The maximum atomic E-state index is 12.7. The number of hydrogen-bond donors (Lipinski definition) is 2. The lowest BCUT2D eigenvalue weighted by Crippen LogP contribution is -2.18. The number of rotatable bonds is 8. The maximum Gasteiger partial charge on any atom is 0.573 e. The fourth-order valence-electron chi connectivity index (χ4n) is 2.89. The third-order valence-corrected chi connectivity index (χ3v) is 6.17. The smallest absolute Gasteiger partial charge is 0.462 e. The zero-order valence-corrected chi connectivity index (χ0v) is 20.0. The lowest BCUT2D eigenvalue weighted by molar-refractivity contribution is -0.274. The Morgan fingerprint density at radius 3 is 2.28 bits per heavy atom. The molecule has 0 aromatic heterocycles. The number of benzene rings is 3. The molecule has 0 bridgehead atoms. The van der Waals surface area contributed by atoms with Gasteiger partial charge >= 0.3 is 12.3 Å². The van der Waals surface area contributed by atoms with Gasteiger partial charge in [-0.3, -0.25) is 9.52 Å². The average molecular weight is 543 g/mol. The molecule has 3 rings (SSSR count). The first-order chi connectivity index (χ1) is 16.9. The Bertz CT molecular complexity index is 1380. The molecule has 0 unspecified atom stereocenters. The summed E-state index contributed by atoms with van der Waals surface area (Å²) in [6, 6.07) is 13.5. The van der Waals surface area contributed by atoms with Crippen LogP contribution >= 0.6 is 11.6 Å². The molecule has 0 spiro atoms. The standard InChI is InChI=1S/C23H18ClF3N2O6S/c1-2-34-22(31)14-6-9-16(10-7-14)28-21(30)15-8-11-19(24)20(12-15)29-36(32,33)18-5-3-4-17(13-18)35-23(25,26)27/h3-13,29H,2H2,1H3,(H,28,30). The van der Waals surface area contributed by atoms with Gasteiger partial charge in [0.15, 0.2) is 0 Å².